The van der Waals surface area contributed by atoms with Gasteiger partial charge in [0.05, 0.1) is 19.1 Å². The Morgan fingerprint density at radius 2 is 1.73 bits per heavy atom. The molecule has 0 amide bonds. The van der Waals surface area contributed by atoms with Gasteiger partial charge < -0.3 is 33.2 Å². The Bertz CT molecular complexity index is 1080. The molecule has 0 spiro atoms. The van der Waals surface area contributed by atoms with E-state index in [1.54, 1.807) is 46.8 Å². The van der Waals surface area contributed by atoms with Crippen LogP contribution in [0.1, 0.15) is 50.5 Å². The fourth-order valence-corrected chi connectivity index (χ4v) is 4.39. The number of carbonyl (C=O) groups excluding carboxylic acids is 3. The molecule has 1 fully saturated rings. The highest BCUT2D eigenvalue weighted by Gasteiger charge is 2.45. The van der Waals surface area contributed by atoms with Gasteiger partial charge in [-0.3, -0.25) is 9.59 Å². The van der Waals surface area contributed by atoms with Crippen LogP contribution in [-0.4, -0.2) is 78.0 Å². The molecule has 1 saturated heterocycles. The summed E-state index contributed by atoms with van der Waals surface area (Å²) in [5.41, 5.74) is -0.216. The summed E-state index contributed by atoms with van der Waals surface area (Å²) in [6, 6.07) is 3.96. The first-order chi connectivity index (χ1) is 18.5. The van der Waals surface area contributed by atoms with Crippen LogP contribution < -0.4 is 9.47 Å². The lowest BCUT2D eigenvalue weighted by atomic mass is 9.97. The van der Waals surface area contributed by atoms with E-state index in [1.807, 2.05) is 0 Å². The molecule has 0 bridgehead atoms. The molecule has 1 heterocycles. The van der Waals surface area contributed by atoms with Crippen molar-refractivity contribution in [1.82, 2.24) is 0 Å². The lowest BCUT2D eigenvalue weighted by molar-refractivity contribution is -0.165. The average molecular weight is 581 g/mol. The first kappa shape index (κ1) is 33.5. The van der Waals surface area contributed by atoms with Gasteiger partial charge in [0.1, 0.15) is 29.8 Å². The maximum atomic E-state index is 13.3. The standard InChI is InChI=1S/C29H44O10Si/c1-28(2,3)27(32)36-17-23-25(39-29(4,5)38-23)21(30)12-11-19-15-20(34-7)16-22(37-18-33-6)24(19)26(31)35-13-14-40(8,9)10/h11-12,15-16,23,25H,13-14,17-18H2,1-10H3/b12-11+/t23-,25+/m1/s1. The van der Waals surface area contributed by atoms with E-state index in [4.69, 9.17) is 33.2 Å². The zero-order valence-electron chi connectivity index (χ0n) is 25.4. The van der Waals surface area contributed by atoms with Crippen LogP contribution in [0.3, 0.4) is 0 Å². The summed E-state index contributed by atoms with van der Waals surface area (Å²) in [6.45, 7) is 15.2. The van der Waals surface area contributed by atoms with E-state index in [1.165, 1.54) is 26.4 Å². The van der Waals surface area contributed by atoms with Crippen LogP contribution >= 0.6 is 0 Å². The van der Waals surface area contributed by atoms with Gasteiger partial charge >= 0.3 is 11.9 Å². The van der Waals surface area contributed by atoms with Crippen LogP contribution in [0.2, 0.25) is 25.7 Å². The minimum atomic E-state index is -1.44. The van der Waals surface area contributed by atoms with Crippen LogP contribution in [-0.2, 0) is 33.3 Å². The van der Waals surface area contributed by atoms with Gasteiger partial charge in [-0.1, -0.05) is 25.7 Å². The minimum absolute atomic E-state index is 0.109. The van der Waals surface area contributed by atoms with E-state index in [9.17, 15) is 14.4 Å². The number of ketones is 1. The molecular weight excluding hydrogens is 536 g/mol. The van der Waals surface area contributed by atoms with E-state index in [-0.39, 0.29) is 31.3 Å². The summed E-state index contributed by atoms with van der Waals surface area (Å²) in [7, 11) is 1.51. The van der Waals surface area contributed by atoms with Gasteiger partial charge in [-0.25, -0.2) is 4.79 Å². The van der Waals surface area contributed by atoms with E-state index in [2.05, 4.69) is 19.6 Å². The molecule has 1 aromatic carbocycles. The molecule has 2 rings (SSSR count). The molecular formula is C29H44O10Si. The number of rotatable bonds is 13. The Morgan fingerprint density at radius 1 is 1.05 bits per heavy atom. The summed E-state index contributed by atoms with van der Waals surface area (Å²) in [5, 5.41) is 0. The second-order valence-electron chi connectivity index (χ2n) is 12.3. The Kier molecular flexibility index (Phi) is 11.5. The summed E-state index contributed by atoms with van der Waals surface area (Å²) < 4.78 is 38.8. The predicted molar refractivity (Wildman–Crippen MR) is 152 cm³/mol. The average Bonchev–Trinajstić information content (AvgIpc) is 3.16. The lowest BCUT2D eigenvalue weighted by Crippen LogP contribution is -2.36. The molecule has 10 nitrogen and oxygen atoms in total. The smallest absolute Gasteiger partial charge is 0.342 e. The quantitative estimate of drug-likeness (QED) is 0.139. The number of methoxy groups -OCH3 is 2. The molecule has 40 heavy (non-hydrogen) atoms. The van der Waals surface area contributed by atoms with E-state index < -0.39 is 49.2 Å². The molecule has 1 aromatic rings. The van der Waals surface area contributed by atoms with Gasteiger partial charge in [-0.05, 0) is 58.4 Å². The monoisotopic (exact) mass is 580 g/mol. The maximum Gasteiger partial charge on any atom is 0.342 e. The zero-order valence-corrected chi connectivity index (χ0v) is 26.4. The van der Waals surface area contributed by atoms with Gasteiger partial charge in [0.25, 0.3) is 0 Å². The zero-order chi connectivity index (χ0) is 30.3. The highest BCUT2D eigenvalue weighted by atomic mass is 28.3. The van der Waals surface area contributed by atoms with Crippen molar-refractivity contribution in [2.75, 3.05) is 34.2 Å². The van der Waals surface area contributed by atoms with Crippen molar-refractivity contribution >= 4 is 31.9 Å². The summed E-state index contributed by atoms with van der Waals surface area (Å²) in [4.78, 5) is 38.8. The molecule has 0 unspecified atom stereocenters. The van der Waals surface area contributed by atoms with Crippen molar-refractivity contribution < 1.29 is 47.5 Å². The predicted octanol–water partition coefficient (Wildman–Crippen LogP) is 4.86. The van der Waals surface area contributed by atoms with Crippen LogP contribution in [0.25, 0.3) is 6.08 Å². The number of benzene rings is 1. The Labute approximate surface area is 238 Å². The number of esters is 2. The van der Waals surface area contributed by atoms with E-state index in [0.29, 0.717) is 11.3 Å². The molecule has 2 atom stereocenters. The summed E-state index contributed by atoms with van der Waals surface area (Å²) in [6.07, 6.45) is 0.935. The fourth-order valence-electron chi connectivity index (χ4n) is 3.68. The molecule has 0 radical (unpaired) electrons. The first-order valence-electron chi connectivity index (χ1n) is 13.2. The molecule has 0 saturated carbocycles. The number of hydrogen-bond acceptors (Lipinski definition) is 10. The molecule has 0 aliphatic carbocycles. The largest absolute Gasteiger partial charge is 0.497 e. The molecule has 0 N–H and O–H groups in total. The van der Waals surface area contributed by atoms with Crippen molar-refractivity contribution in [3.8, 4) is 11.5 Å². The van der Waals surface area contributed by atoms with Crippen molar-refractivity contribution in [1.29, 1.82) is 0 Å². The van der Waals surface area contributed by atoms with Crippen LogP contribution in [0.4, 0.5) is 0 Å². The molecule has 224 valence electrons. The second-order valence-corrected chi connectivity index (χ2v) is 17.9. The van der Waals surface area contributed by atoms with Gasteiger partial charge in [0.2, 0.25) is 0 Å². The molecule has 1 aliphatic rings. The van der Waals surface area contributed by atoms with Crippen molar-refractivity contribution in [2.45, 2.75) is 78.3 Å². The highest BCUT2D eigenvalue weighted by Crippen LogP contribution is 2.33. The van der Waals surface area contributed by atoms with Crippen molar-refractivity contribution in [3.05, 3.63) is 29.3 Å². The van der Waals surface area contributed by atoms with Crippen molar-refractivity contribution in [3.63, 3.8) is 0 Å². The van der Waals surface area contributed by atoms with Gasteiger partial charge in [-0.15, -0.1) is 0 Å². The third kappa shape index (κ3) is 10.0. The third-order valence-electron chi connectivity index (χ3n) is 5.85. The number of hydrogen-bond donors (Lipinski definition) is 0. The Hall–Kier alpha value is -2.73. The summed E-state index contributed by atoms with van der Waals surface area (Å²) >= 11 is 0. The molecule has 11 heteroatoms. The highest BCUT2D eigenvalue weighted by molar-refractivity contribution is 6.76. The Balaban J connectivity index is 2.36. The summed E-state index contributed by atoms with van der Waals surface area (Å²) in [5.74, 6) is -1.89. The van der Waals surface area contributed by atoms with Crippen LogP contribution in [0, 0.1) is 5.41 Å². The van der Waals surface area contributed by atoms with Gasteiger partial charge in [-0.2, -0.15) is 0 Å². The van der Waals surface area contributed by atoms with Gasteiger partial charge in [0.15, 0.2) is 24.5 Å². The molecule has 0 aromatic heterocycles. The lowest BCUT2D eigenvalue weighted by Gasteiger charge is -2.20. The normalized spacial score (nSPS) is 18.9. The fraction of sp³-hybridized carbons (Fsp3) is 0.621. The second kappa shape index (κ2) is 13.8. The number of carbonyl (C=O) groups is 3. The SMILES string of the molecule is COCOc1cc(OC)cc(/C=C/C(=O)[C@@H]2OC(C)(C)O[C@@H]2COC(=O)C(C)(C)C)c1C(=O)OCC[Si](C)(C)C. The third-order valence-corrected chi connectivity index (χ3v) is 7.55. The van der Waals surface area contributed by atoms with Crippen LogP contribution in [0.5, 0.6) is 11.5 Å². The first-order valence-corrected chi connectivity index (χ1v) is 16.9. The van der Waals surface area contributed by atoms with Gasteiger partial charge in [0, 0.05) is 21.3 Å². The van der Waals surface area contributed by atoms with Crippen molar-refractivity contribution in [2.24, 2.45) is 5.41 Å². The topological polar surface area (TPSA) is 116 Å². The Morgan fingerprint density at radius 3 is 2.30 bits per heavy atom. The minimum Gasteiger partial charge on any atom is -0.497 e. The molecule has 1 aliphatic heterocycles. The van der Waals surface area contributed by atoms with E-state index in [0.717, 1.165) is 6.04 Å². The van der Waals surface area contributed by atoms with E-state index >= 15 is 0 Å². The van der Waals surface area contributed by atoms with Crippen LogP contribution in [0.15, 0.2) is 18.2 Å². The maximum absolute atomic E-state index is 13.3. The number of ether oxygens (including phenoxy) is 7.